The summed E-state index contributed by atoms with van der Waals surface area (Å²) in [5.74, 6) is 1.32. The van der Waals surface area contributed by atoms with Gasteiger partial charge >= 0.3 is 0 Å². The Morgan fingerprint density at radius 3 is 2.58 bits per heavy atom. The van der Waals surface area contributed by atoms with Crippen LogP contribution in [0, 0.1) is 13.8 Å². The van der Waals surface area contributed by atoms with Gasteiger partial charge in [0.15, 0.2) is 6.29 Å². The van der Waals surface area contributed by atoms with Gasteiger partial charge in [-0.05, 0) is 92.1 Å². The molecule has 184 valence electrons. The van der Waals surface area contributed by atoms with E-state index in [1.807, 2.05) is 49.4 Å². The van der Waals surface area contributed by atoms with E-state index in [-0.39, 0.29) is 18.6 Å². The van der Waals surface area contributed by atoms with Gasteiger partial charge in [0.1, 0.15) is 12.4 Å². The number of benzene rings is 3. The lowest BCUT2D eigenvalue weighted by Crippen LogP contribution is -2.26. The molecule has 3 aromatic carbocycles. The van der Waals surface area contributed by atoms with E-state index in [0.717, 1.165) is 28.3 Å². The summed E-state index contributed by atoms with van der Waals surface area (Å²) in [6.07, 6.45) is 3.28. The molecule has 0 spiro atoms. The summed E-state index contributed by atoms with van der Waals surface area (Å²) < 4.78 is 7.63. The fourth-order valence-corrected chi connectivity index (χ4v) is 4.86. The minimum absolute atomic E-state index is 0.0570. The minimum Gasteiger partial charge on any atom is -0.486 e. The first kappa shape index (κ1) is 23.9. The molecule has 1 heterocycles. The largest absolute Gasteiger partial charge is 0.486 e. The summed E-state index contributed by atoms with van der Waals surface area (Å²) in [5.41, 5.74) is 7.79. The molecule has 1 atom stereocenters. The fourth-order valence-electron chi connectivity index (χ4n) is 4.86. The number of aryl methyl sites for hydroxylation is 1. The molecule has 0 radical (unpaired) electrons. The number of carbonyl (C=O) groups excluding carboxylic acids is 2. The van der Waals surface area contributed by atoms with Crippen LogP contribution in [0.3, 0.4) is 0 Å². The molecule has 0 saturated heterocycles. The van der Waals surface area contributed by atoms with Crippen molar-refractivity contribution >= 4 is 23.1 Å². The SMILES string of the molecule is Cc1c(C)n(Cc2ccc(OCC=O)cc2)c2ccc(C(=O)N[C@@H](C)c3cccc(C4CC4)c3)cc12. The van der Waals surface area contributed by atoms with Gasteiger partial charge in [-0.2, -0.15) is 0 Å². The molecule has 1 N–H and O–H groups in total. The number of rotatable bonds is 9. The summed E-state index contributed by atoms with van der Waals surface area (Å²) in [6.45, 7) is 7.04. The highest BCUT2D eigenvalue weighted by Crippen LogP contribution is 2.40. The van der Waals surface area contributed by atoms with Crippen molar-refractivity contribution in [1.29, 1.82) is 0 Å². The zero-order valence-corrected chi connectivity index (χ0v) is 21.1. The van der Waals surface area contributed by atoms with Crippen molar-refractivity contribution in [2.24, 2.45) is 0 Å². The predicted octanol–water partition coefficient (Wildman–Crippen LogP) is 6.25. The monoisotopic (exact) mass is 480 g/mol. The molecule has 1 saturated carbocycles. The van der Waals surface area contributed by atoms with E-state index in [2.05, 4.69) is 48.0 Å². The average molecular weight is 481 g/mol. The molecule has 1 aromatic heterocycles. The molecule has 5 nitrogen and oxygen atoms in total. The van der Waals surface area contributed by atoms with Gasteiger partial charge in [0.2, 0.25) is 0 Å². The van der Waals surface area contributed by atoms with Gasteiger partial charge in [-0.15, -0.1) is 0 Å². The second kappa shape index (κ2) is 10.0. The summed E-state index contributed by atoms with van der Waals surface area (Å²) in [6, 6.07) is 22.3. The molecule has 1 amide bonds. The Kier molecular flexibility index (Phi) is 6.64. The quantitative estimate of drug-likeness (QED) is 0.288. The summed E-state index contributed by atoms with van der Waals surface area (Å²) >= 11 is 0. The molecule has 36 heavy (non-hydrogen) atoms. The van der Waals surface area contributed by atoms with Crippen LogP contribution in [0.15, 0.2) is 66.7 Å². The van der Waals surface area contributed by atoms with Gasteiger partial charge in [-0.25, -0.2) is 0 Å². The Morgan fingerprint density at radius 2 is 1.86 bits per heavy atom. The molecule has 1 aliphatic rings. The van der Waals surface area contributed by atoms with Gasteiger partial charge in [0.05, 0.1) is 6.04 Å². The van der Waals surface area contributed by atoms with E-state index < -0.39 is 0 Å². The molecule has 0 unspecified atom stereocenters. The van der Waals surface area contributed by atoms with Crippen LogP contribution < -0.4 is 10.1 Å². The smallest absolute Gasteiger partial charge is 0.251 e. The number of nitrogens with one attached hydrogen (secondary N) is 1. The highest BCUT2D eigenvalue weighted by molar-refractivity contribution is 5.99. The Bertz CT molecular complexity index is 1410. The number of carbonyl (C=O) groups is 2. The van der Waals surface area contributed by atoms with Crippen LogP contribution in [-0.4, -0.2) is 23.4 Å². The van der Waals surface area contributed by atoms with Gasteiger partial charge < -0.3 is 14.6 Å². The van der Waals surface area contributed by atoms with Crippen molar-refractivity contribution < 1.29 is 14.3 Å². The average Bonchev–Trinajstić information content (AvgIpc) is 3.73. The lowest BCUT2D eigenvalue weighted by molar-refractivity contribution is -0.109. The van der Waals surface area contributed by atoms with Crippen molar-refractivity contribution in [3.05, 3.63) is 100 Å². The second-order valence-electron chi connectivity index (χ2n) is 9.79. The number of hydrogen-bond donors (Lipinski definition) is 1. The molecular formula is C31H32N2O3. The number of nitrogens with zero attached hydrogens (tertiary/aromatic N) is 1. The molecule has 1 fully saturated rings. The van der Waals surface area contributed by atoms with Crippen molar-refractivity contribution in [2.75, 3.05) is 6.61 Å². The standard InChI is InChI=1S/C31H32N2O3/c1-20-22(3)33(19-23-7-12-28(13-8-23)36-16-15-34)30-14-11-27(18-29(20)30)31(35)32-21(2)25-5-4-6-26(17-25)24-9-10-24/h4-8,11-15,17-18,21,24H,9-10,16,19H2,1-3H3,(H,32,35)/t21-/m0/s1. The molecular weight excluding hydrogens is 448 g/mol. The lowest BCUT2D eigenvalue weighted by atomic mass is 10.0. The third kappa shape index (κ3) is 4.92. The zero-order valence-electron chi connectivity index (χ0n) is 21.1. The number of fused-ring (bicyclic) bond motifs is 1. The highest BCUT2D eigenvalue weighted by Gasteiger charge is 2.24. The Hall–Kier alpha value is -3.86. The van der Waals surface area contributed by atoms with Crippen molar-refractivity contribution in [3.63, 3.8) is 0 Å². The maximum absolute atomic E-state index is 13.2. The maximum atomic E-state index is 13.2. The van der Waals surface area contributed by atoms with E-state index in [1.165, 1.54) is 29.7 Å². The number of aromatic nitrogens is 1. The van der Waals surface area contributed by atoms with Gasteiger partial charge in [-0.1, -0.05) is 36.4 Å². The van der Waals surface area contributed by atoms with Crippen LogP contribution >= 0.6 is 0 Å². The Labute approximate surface area is 212 Å². The number of ether oxygens (including phenoxy) is 1. The first-order valence-corrected chi connectivity index (χ1v) is 12.6. The van der Waals surface area contributed by atoms with Crippen LogP contribution in [0.1, 0.15) is 70.0 Å². The molecule has 5 rings (SSSR count). The van der Waals surface area contributed by atoms with Crippen molar-refractivity contribution in [2.45, 2.75) is 52.1 Å². The van der Waals surface area contributed by atoms with Gasteiger partial charge in [0.25, 0.3) is 5.91 Å². The second-order valence-corrected chi connectivity index (χ2v) is 9.79. The van der Waals surface area contributed by atoms with E-state index in [1.54, 1.807) is 0 Å². The third-order valence-electron chi connectivity index (χ3n) is 7.29. The van der Waals surface area contributed by atoms with Crippen LogP contribution in [0.5, 0.6) is 5.75 Å². The van der Waals surface area contributed by atoms with Gasteiger partial charge in [-0.3, -0.25) is 9.59 Å². The summed E-state index contributed by atoms with van der Waals surface area (Å²) in [5, 5.41) is 4.28. The first-order valence-electron chi connectivity index (χ1n) is 12.6. The molecule has 5 heteroatoms. The zero-order chi connectivity index (χ0) is 25.2. The molecule has 0 bridgehead atoms. The predicted molar refractivity (Wildman–Crippen MR) is 143 cm³/mol. The number of hydrogen-bond acceptors (Lipinski definition) is 3. The normalized spacial score (nSPS) is 14.0. The van der Waals surface area contributed by atoms with E-state index in [4.69, 9.17) is 4.74 Å². The maximum Gasteiger partial charge on any atom is 0.251 e. The van der Waals surface area contributed by atoms with E-state index in [9.17, 15) is 9.59 Å². The van der Waals surface area contributed by atoms with Crippen LogP contribution in [0.4, 0.5) is 0 Å². The van der Waals surface area contributed by atoms with Crippen LogP contribution in [0.25, 0.3) is 10.9 Å². The van der Waals surface area contributed by atoms with E-state index in [0.29, 0.717) is 23.8 Å². The van der Waals surface area contributed by atoms with Crippen LogP contribution in [-0.2, 0) is 11.3 Å². The van der Waals surface area contributed by atoms with Crippen LogP contribution in [0.2, 0.25) is 0 Å². The Morgan fingerprint density at radius 1 is 1.08 bits per heavy atom. The summed E-state index contributed by atoms with van der Waals surface area (Å²) in [4.78, 5) is 23.7. The molecule has 0 aliphatic heterocycles. The fraction of sp³-hybridized carbons (Fsp3) is 0.290. The number of amides is 1. The topological polar surface area (TPSA) is 60.3 Å². The van der Waals surface area contributed by atoms with Crippen molar-refractivity contribution in [1.82, 2.24) is 9.88 Å². The lowest BCUT2D eigenvalue weighted by Gasteiger charge is -2.16. The molecule has 1 aliphatic carbocycles. The Balaban J connectivity index is 1.34. The van der Waals surface area contributed by atoms with E-state index >= 15 is 0 Å². The summed E-state index contributed by atoms with van der Waals surface area (Å²) in [7, 11) is 0. The third-order valence-corrected chi connectivity index (χ3v) is 7.29. The minimum atomic E-state index is -0.0584. The first-order chi connectivity index (χ1) is 17.4. The van der Waals surface area contributed by atoms with Crippen molar-refractivity contribution in [3.8, 4) is 5.75 Å². The van der Waals surface area contributed by atoms with Gasteiger partial charge in [0, 0.05) is 28.7 Å². The highest BCUT2D eigenvalue weighted by atomic mass is 16.5. The molecule has 4 aromatic rings. The number of aldehydes is 1.